The molecule has 0 heterocycles. The highest BCUT2D eigenvalue weighted by molar-refractivity contribution is 5.78. The summed E-state index contributed by atoms with van der Waals surface area (Å²) in [5, 5.41) is 0. The van der Waals surface area contributed by atoms with Gasteiger partial charge < -0.3 is 5.73 Å². The quantitative estimate of drug-likeness (QED) is 0.689. The van der Waals surface area contributed by atoms with Crippen molar-refractivity contribution in [3.8, 4) is 0 Å². The zero-order valence-electron chi connectivity index (χ0n) is 9.37. The first-order valence-corrected chi connectivity index (χ1v) is 5.70. The van der Waals surface area contributed by atoms with E-state index in [1.807, 2.05) is 6.21 Å². The van der Waals surface area contributed by atoms with Crippen LogP contribution < -0.4 is 5.73 Å². The summed E-state index contributed by atoms with van der Waals surface area (Å²) >= 11 is 0. The molecule has 1 fully saturated rings. The normalized spacial score (nSPS) is 29.7. The van der Waals surface area contributed by atoms with Gasteiger partial charge in [-0.3, -0.25) is 4.99 Å². The predicted octanol–water partition coefficient (Wildman–Crippen LogP) is 2.89. The van der Waals surface area contributed by atoms with E-state index in [0.29, 0.717) is 6.04 Å². The first kappa shape index (κ1) is 11.3. The van der Waals surface area contributed by atoms with E-state index in [-0.39, 0.29) is 0 Å². The minimum absolute atomic E-state index is 0.549. The molecule has 0 aromatic rings. The number of rotatable bonds is 3. The standard InChI is InChI=1S/C12H22N2/c1-3-11(8-13)9-14-12-6-4-10(2)5-7-12/h8-10,12H,3-7,13H2,1-2H3/b11-8-,14-9?. The van der Waals surface area contributed by atoms with Gasteiger partial charge >= 0.3 is 0 Å². The van der Waals surface area contributed by atoms with Crippen molar-refractivity contribution in [3.05, 3.63) is 11.8 Å². The molecule has 2 heteroatoms. The third-order valence-electron chi connectivity index (χ3n) is 3.06. The lowest BCUT2D eigenvalue weighted by atomic mass is 9.88. The molecule has 0 unspecified atom stereocenters. The predicted molar refractivity (Wildman–Crippen MR) is 62.5 cm³/mol. The van der Waals surface area contributed by atoms with Crippen molar-refractivity contribution in [2.45, 2.75) is 52.0 Å². The second-order valence-electron chi connectivity index (χ2n) is 4.29. The van der Waals surface area contributed by atoms with Gasteiger partial charge in [-0.2, -0.15) is 0 Å². The molecule has 0 atom stereocenters. The molecule has 0 saturated heterocycles. The van der Waals surface area contributed by atoms with Gasteiger partial charge in [-0.1, -0.05) is 13.8 Å². The molecule has 1 aliphatic rings. The Kier molecular flexibility index (Phi) is 4.71. The highest BCUT2D eigenvalue weighted by Crippen LogP contribution is 2.25. The van der Waals surface area contributed by atoms with E-state index < -0.39 is 0 Å². The molecule has 0 radical (unpaired) electrons. The fourth-order valence-corrected chi connectivity index (χ4v) is 1.84. The van der Waals surface area contributed by atoms with E-state index in [2.05, 4.69) is 18.8 Å². The summed E-state index contributed by atoms with van der Waals surface area (Å²) in [5.41, 5.74) is 6.61. The van der Waals surface area contributed by atoms with Crippen LogP contribution in [-0.2, 0) is 0 Å². The zero-order chi connectivity index (χ0) is 10.4. The Hall–Kier alpha value is -0.790. The summed E-state index contributed by atoms with van der Waals surface area (Å²) in [6.45, 7) is 4.44. The second kappa shape index (κ2) is 5.84. The zero-order valence-corrected chi connectivity index (χ0v) is 9.37. The molecule has 0 aromatic heterocycles. The van der Waals surface area contributed by atoms with Crippen molar-refractivity contribution in [3.63, 3.8) is 0 Å². The van der Waals surface area contributed by atoms with Gasteiger partial charge in [-0.15, -0.1) is 0 Å². The largest absolute Gasteiger partial charge is 0.404 e. The summed E-state index contributed by atoms with van der Waals surface area (Å²) in [5.74, 6) is 0.900. The Labute approximate surface area is 87.3 Å². The van der Waals surface area contributed by atoms with Gasteiger partial charge in [0.05, 0.1) is 0 Å². The molecule has 0 spiro atoms. The summed E-state index contributed by atoms with van der Waals surface area (Å²) in [6.07, 6.45) is 9.75. The fraction of sp³-hybridized carbons (Fsp3) is 0.750. The van der Waals surface area contributed by atoms with E-state index >= 15 is 0 Å². The van der Waals surface area contributed by atoms with Crippen molar-refractivity contribution in [2.24, 2.45) is 16.6 Å². The number of nitrogens with two attached hydrogens (primary N) is 1. The Morgan fingerprint density at radius 3 is 2.50 bits per heavy atom. The van der Waals surface area contributed by atoms with Crippen molar-refractivity contribution in [1.29, 1.82) is 0 Å². The van der Waals surface area contributed by atoms with Gasteiger partial charge in [0.25, 0.3) is 0 Å². The fourth-order valence-electron chi connectivity index (χ4n) is 1.84. The van der Waals surface area contributed by atoms with Crippen LogP contribution in [0.5, 0.6) is 0 Å². The smallest absolute Gasteiger partial charge is 0.0499 e. The molecule has 0 amide bonds. The Balaban J connectivity index is 2.37. The molecule has 0 bridgehead atoms. The SMILES string of the molecule is CC/C(C=NC1CCC(C)CC1)=C/N. The summed E-state index contributed by atoms with van der Waals surface area (Å²) in [7, 11) is 0. The van der Waals surface area contributed by atoms with E-state index in [9.17, 15) is 0 Å². The van der Waals surface area contributed by atoms with Crippen LogP contribution in [-0.4, -0.2) is 12.3 Å². The molecule has 14 heavy (non-hydrogen) atoms. The van der Waals surface area contributed by atoms with Crippen LogP contribution in [0.3, 0.4) is 0 Å². The van der Waals surface area contributed by atoms with Gasteiger partial charge in [-0.05, 0) is 49.8 Å². The van der Waals surface area contributed by atoms with E-state index in [1.165, 1.54) is 25.7 Å². The van der Waals surface area contributed by atoms with Crippen LogP contribution in [0.4, 0.5) is 0 Å². The number of allylic oxidation sites excluding steroid dienone is 1. The van der Waals surface area contributed by atoms with Crippen LogP contribution in [0.15, 0.2) is 16.8 Å². The van der Waals surface area contributed by atoms with Crippen LogP contribution in [0.1, 0.15) is 46.0 Å². The second-order valence-corrected chi connectivity index (χ2v) is 4.29. The average molecular weight is 194 g/mol. The van der Waals surface area contributed by atoms with Gasteiger partial charge in [-0.25, -0.2) is 0 Å². The lowest BCUT2D eigenvalue weighted by Crippen LogP contribution is -2.15. The van der Waals surface area contributed by atoms with Crippen LogP contribution in [0, 0.1) is 5.92 Å². The first-order valence-electron chi connectivity index (χ1n) is 5.70. The maximum absolute atomic E-state index is 5.47. The van der Waals surface area contributed by atoms with Gasteiger partial charge in [0, 0.05) is 12.3 Å². The molecule has 1 rings (SSSR count). The third kappa shape index (κ3) is 3.52. The minimum atomic E-state index is 0.549. The Bertz CT molecular complexity index is 210. The van der Waals surface area contributed by atoms with Gasteiger partial charge in [0.2, 0.25) is 0 Å². The summed E-state index contributed by atoms with van der Waals surface area (Å²) in [6, 6.07) is 0.549. The van der Waals surface area contributed by atoms with Gasteiger partial charge in [0.1, 0.15) is 0 Å². The molecule has 2 N–H and O–H groups in total. The maximum Gasteiger partial charge on any atom is 0.0499 e. The highest BCUT2D eigenvalue weighted by atomic mass is 14.8. The van der Waals surface area contributed by atoms with Gasteiger partial charge in [0.15, 0.2) is 0 Å². The van der Waals surface area contributed by atoms with Crippen molar-refractivity contribution >= 4 is 6.21 Å². The van der Waals surface area contributed by atoms with E-state index in [0.717, 1.165) is 17.9 Å². The highest BCUT2D eigenvalue weighted by Gasteiger charge is 2.16. The van der Waals surface area contributed by atoms with Crippen LogP contribution in [0.25, 0.3) is 0 Å². The molecular formula is C12H22N2. The first-order chi connectivity index (χ1) is 6.76. The van der Waals surface area contributed by atoms with Crippen LogP contribution in [0.2, 0.25) is 0 Å². The lowest BCUT2D eigenvalue weighted by Gasteiger charge is -2.22. The number of hydrogen-bond acceptors (Lipinski definition) is 2. The van der Waals surface area contributed by atoms with Crippen molar-refractivity contribution in [1.82, 2.24) is 0 Å². The molecule has 1 saturated carbocycles. The van der Waals surface area contributed by atoms with Crippen molar-refractivity contribution < 1.29 is 0 Å². The average Bonchev–Trinajstić information content (AvgIpc) is 2.22. The third-order valence-corrected chi connectivity index (χ3v) is 3.06. The molecule has 80 valence electrons. The molecule has 1 aliphatic carbocycles. The number of hydrogen-bond donors (Lipinski definition) is 1. The topological polar surface area (TPSA) is 38.4 Å². The molecule has 0 aliphatic heterocycles. The lowest BCUT2D eigenvalue weighted by molar-refractivity contribution is 0.350. The summed E-state index contributed by atoms with van der Waals surface area (Å²) < 4.78 is 0. The monoisotopic (exact) mass is 194 g/mol. The van der Waals surface area contributed by atoms with Crippen LogP contribution >= 0.6 is 0 Å². The van der Waals surface area contributed by atoms with E-state index in [1.54, 1.807) is 6.20 Å². The molecular weight excluding hydrogens is 172 g/mol. The van der Waals surface area contributed by atoms with E-state index in [4.69, 9.17) is 5.73 Å². The maximum atomic E-state index is 5.47. The van der Waals surface area contributed by atoms with Crippen molar-refractivity contribution in [2.75, 3.05) is 0 Å². The molecule has 2 nitrogen and oxygen atoms in total. The Morgan fingerprint density at radius 2 is 2.00 bits per heavy atom. The minimum Gasteiger partial charge on any atom is -0.404 e. The number of nitrogens with zero attached hydrogens (tertiary/aromatic N) is 1. The molecule has 0 aromatic carbocycles. The number of aliphatic imine (C=N–C) groups is 1. The Morgan fingerprint density at radius 1 is 1.36 bits per heavy atom. The summed E-state index contributed by atoms with van der Waals surface area (Å²) in [4.78, 5) is 4.59.